The van der Waals surface area contributed by atoms with Gasteiger partial charge < -0.3 is 4.74 Å². The molecule has 0 saturated heterocycles. The Kier molecular flexibility index (Phi) is 4.82. The summed E-state index contributed by atoms with van der Waals surface area (Å²) in [6.45, 7) is 7.64. The lowest BCUT2D eigenvalue weighted by Crippen LogP contribution is -1.88. The van der Waals surface area contributed by atoms with Gasteiger partial charge in [-0.3, -0.25) is 4.79 Å². The van der Waals surface area contributed by atoms with Crippen LogP contribution in [0.5, 0.6) is 0 Å². The zero-order valence-corrected chi connectivity index (χ0v) is 6.83. The summed E-state index contributed by atoms with van der Waals surface area (Å²) in [5, 5.41) is 0. The third-order valence-corrected chi connectivity index (χ3v) is 1.19. The van der Waals surface area contributed by atoms with Crippen molar-refractivity contribution >= 4 is 6.47 Å². The van der Waals surface area contributed by atoms with Crippen molar-refractivity contribution in [3.8, 4) is 0 Å². The first kappa shape index (κ1) is 9.69. The fourth-order valence-corrected chi connectivity index (χ4v) is 0.567. The second-order valence-electron chi connectivity index (χ2n) is 1.97. The second-order valence-corrected chi connectivity index (χ2v) is 1.97. The Balaban J connectivity index is 4.54. The summed E-state index contributed by atoms with van der Waals surface area (Å²) in [5.41, 5.74) is 0.843. The number of allylic oxidation sites excluding steroid dienone is 4. The molecule has 0 aliphatic rings. The Morgan fingerprint density at radius 3 is 2.55 bits per heavy atom. The molecule has 0 aromatic carbocycles. The predicted molar refractivity (Wildman–Crippen MR) is 44.9 cm³/mol. The van der Waals surface area contributed by atoms with E-state index in [1.54, 1.807) is 18.2 Å². The minimum absolute atomic E-state index is 0.405. The van der Waals surface area contributed by atoms with Crippen molar-refractivity contribution in [1.29, 1.82) is 0 Å². The fraction of sp³-hybridized carbons (Fsp3) is 0.222. The molecule has 0 aliphatic carbocycles. The van der Waals surface area contributed by atoms with Crippen LogP contribution in [0.25, 0.3) is 0 Å². The molecule has 0 bridgehead atoms. The summed E-state index contributed by atoms with van der Waals surface area (Å²) in [6, 6.07) is 0. The fourth-order valence-electron chi connectivity index (χ4n) is 0.567. The molecule has 0 atom stereocenters. The van der Waals surface area contributed by atoms with E-state index in [0.717, 1.165) is 5.57 Å². The van der Waals surface area contributed by atoms with Gasteiger partial charge in [-0.15, -0.1) is 0 Å². The van der Waals surface area contributed by atoms with Gasteiger partial charge in [0.2, 0.25) is 0 Å². The molecule has 0 amide bonds. The standard InChI is InChI=1S/C9H12O2/c1-4-6-9(11-7-10)8(3)5-2/h4-7H,2H2,1,3H3/b6-4-,9-8+. The average Bonchev–Trinajstić information content (AvgIpc) is 2.03. The van der Waals surface area contributed by atoms with E-state index in [2.05, 4.69) is 11.3 Å². The molecule has 2 heteroatoms. The lowest BCUT2D eigenvalue weighted by Gasteiger charge is -1.99. The van der Waals surface area contributed by atoms with Crippen molar-refractivity contribution in [2.75, 3.05) is 0 Å². The smallest absolute Gasteiger partial charge is 0.298 e. The highest BCUT2D eigenvalue weighted by molar-refractivity contribution is 5.43. The summed E-state index contributed by atoms with van der Waals surface area (Å²) in [5.74, 6) is 0.539. The number of hydrogen-bond acceptors (Lipinski definition) is 2. The first-order valence-electron chi connectivity index (χ1n) is 3.32. The Hall–Kier alpha value is -1.31. The molecular weight excluding hydrogens is 140 g/mol. The molecule has 2 nitrogen and oxygen atoms in total. The van der Waals surface area contributed by atoms with Crippen LogP contribution in [0.3, 0.4) is 0 Å². The SMILES string of the molecule is C=C/C(C)=C(\C=C/C)OC=O. The van der Waals surface area contributed by atoms with Crippen molar-refractivity contribution < 1.29 is 9.53 Å². The van der Waals surface area contributed by atoms with Crippen LogP contribution in [0, 0.1) is 0 Å². The highest BCUT2D eigenvalue weighted by atomic mass is 16.5. The van der Waals surface area contributed by atoms with E-state index in [0.29, 0.717) is 12.2 Å². The number of ether oxygens (including phenoxy) is 1. The van der Waals surface area contributed by atoms with Gasteiger partial charge in [0.05, 0.1) is 0 Å². The molecule has 0 saturated carbocycles. The van der Waals surface area contributed by atoms with Crippen LogP contribution in [0.2, 0.25) is 0 Å². The molecule has 0 fully saturated rings. The normalized spacial score (nSPS) is 12.5. The van der Waals surface area contributed by atoms with E-state index < -0.39 is 0 Å². The summed E-state index contributed by atoms with van der Waals surface area (Å²) in [7, 11) is 0. The molecule has 0 aromatic rings. The Morgan fingerprint density at radius 1 is 1.55 bits per heavy atom. The third-order valence-electron chi connectivity index (χ3n) is 1.19. The summed E-state index contributed by atoms with van der Waals surface area (Å²) in [4.78, 5) is 9.99. The summed E-state index contributed by atoms with van der Waals surface area (Å²) >= 11 is 0. The monoisotopic (exact) mass is 152 g/mol. The second kappa shape index (κ2) is 5.47. The van der Waals surface area contributed by atoms with E-state index in [-0.39, 0.29) is 0 Å². The highest BCUT2D eigenvalue weighted by Gasteiger charge is 1.94. The van der Waals surface area contributed by atoms with Crippen LogP contribution in [0.15, 0.2) is 36.1 Å². The molecule has 0 N–H and O–H groups in total. The maximum Gasteiger partial charge on any atom is 0.298 e. The van der Waals surface area contributed by atoms with Crippen molar-refractivity contribution in [3.63, 3.8) is 0 Å². The number of hydrogen-bond donors (Lipinski definition) is 0. The van der Waals surface area contributed by atoms with E-state index in [4.69, 9.17) is 0 Å². The maximum atomic E-state index is 9.99. The predicted octanol–water partition coefficient (Wildman–Crippen LogP) is 2.20. The zero-order valence-electron chi connectivity index (χ0n) is 6.83. The Morgan fingerprint density at radius 2 is 2.18 bits per heavy atom. The molecule has 0 aliphatic heterocycles. The molecule has 0 radical (unpaired) electrons. The molecule has 0 rings (SSSR count). The summed E-state index contributed by atoms with van der Waals surface area (Å²) < 4.78 is 4.68. The molecule has 11 heavy (non-hydrogen) atoms. The minimum Gasteiger partial charge on any atom is -0.428 e. The Bertz CT molecular complexity index is 200. The highest BCUT2D eigenvalue weighted by Crippen LogP contribution is 2.06. The Labute approximate surface area is 66.9 Å². The lowest BCUT2D eigenvalue weighted by molar-refractivity contribution is -0.124. The quantitative estimate of drug-likeness (QED) is 0.350. The van der Waals surface area contributed by atoms with E-state index in [1.807, 2.05) is 13.8 Å². The minimum atomic E-state index is 0.405. The van der Waals surface area contributed by atoms with E-state index in [9.17, 15) is 4.79 Å². The maximum absolute atomic E-state index is 9.99. The van der Waals surface area contributed by atoms with Crippen molar-refractivity contribution in [2.24, 2.45) is 0 Å². The van der Waals surface area contributed by atoms with Crippen LogP contribution in [0.1, 0.15) is 13.8 Å². The number of carbonyl (C=O) groups excluding carboxylic acids is 1. The van der Waals surface area contributed by atoms with Gasteiger partial charge in [0.15, 0.2) is 0 Å². The number of carbonyl (C=O) groups is 1. The third kappa shape index (κ3) is 3.40. The summed E-state index contributed by atoms with van der Waals surface area (Å²) in [6.07, 6.45) is 5.15. The molecule has 60 valence electrons. The molecule has 0 unspecified atom stereocenters. The topological polar surface area (TPSA) is 26.3 Å². The first-order chi connectivity index (χ1) is 5.26. The largest absolute Gasteiger partial charge is 0.428 e. The van der Waals surface area contributed by atoms with Gasteiger partial charge in [0.25, 0.3) is 6.47 Å². The van der Waals surface area contributed by atoms with Crippen molar-refractivity contribution in [3.05, 3.63) is 36.1 Å². The van der Waals surface area contributed by atoms with E-state index in [1.165, 1.54) is 0 Å². The van der Waals surface area contributed by atoms with Crippen LogP contribution in [-0.4, -0.2) is 6.47 Å². The van der Waals surface area contributed by atoms with Crippen LogP contribution in [-0.2, 0) is 9.53 Å². The average molecular weight is 152 g/mol. The van der Waals surface area contributed by atoms with Gasteiger partial charge in [-0.1, -0.05) is 18.7 Å². The first-order valence-corrected chi connectivity index (χ1v) is 3.32. The van der Waals surface area contributed by atoms with Crippen LogP contribution >= 0.6 is 0 Å². The van der Waals surface area contributed by atoms with E-state index >= 15 is 0 Å². The van der Waals surface area contributed by atoms with Crippen LogP contribution < -0.4 is 0 Å². The van der Waals surface area contributed by atoms with Crippen molar-refractivity contribution in [1.82, 2.24) is 0 Å². The van der Waals surface area contributed by atoms with Crippen LogP contribution in [0.4, 0.5) is 0 Å². The van der Waals surface area contributed by atoms with Gasteiger partial charge in [0.1, 0.15) is 5.76 Å². The number of rotatable bonds is 4. The van der Waals surface area contributed by atoms with Crippen molar-refractivity contribution in [2.45, 2.75) is 13.8 Å². The zero-order chi connectivity index (χ0) is 8.69. The van der Waals surface area contributed by atoms with Gasteiger partial charge in [0, 0.05) is 0 Å². The van der Waals surface area contributed by atoms with Gasteiger partial charge in [-0.2, -0.15) is 0 Å². The molecule has 0 aromatic heterocycles. The van der Waals surface area contributed by atoms with Gasteiger partial charge in [-0.25, -0.2) is 0 Å². The van der Waals surface area contributed by atoms with Gasteiger partial charge in [-0.05, 0) is 25.5 Å². The molecule has 0 heterocycles. The molecule has 0 spiro atoms. The lowest BCUT2D eigenvalue weighted by atomic mass is 10.2. The molecular formula is C9H12O2. The van der Waals surface area contributed by atoms with Gasteiger partial charge >= 0.3 is 0 Å².